The predicted molar refractivity (Wildman–Crippen MR) is 104 cm³/mol. The smallest absolute Gasteiger partial charge is 0.323 e. The highest BCUT2D eigenvalue weighted by Gasteiger charge is 2.13. The van der Waals surface area contributed by atoms with Crippen LogP contribution in [0.2, 0.25) is 0 Å². The van der Waals surface area contributed by atoms with E-state index in [1.165, 1.54) is 44.9 Å². The molecule has 0 spiro atoms. The molecule has 0 aliphatic rings. The van der Waals surface area contributed by atoms with E-state index < -0.39 is 0 Å². The van der Waals surface area contributed by atoms with Gasteiger partial charge in [-0.05, 0) is 24.6 Å². The summed E-state index contributed by atoms with van der Waals surface area (Å²) in [6, 6.07) is 5.40. The molecule has 1 unspecified atom stereocenters. The van der Waals surface area contributed by atoms with E-state index >= 15 is 0 Å². The molecule has 1 heterocycles. The summed E-state index contributed by atoms with van der Waals surface area (Å²) in [4.78, 5) is 29.0. The van der Waals surface area contributed by atoms with Crippen molar-refractivity contribution in [2.45, 2.75) is 71.6 Å². The maximum atomic E-state index is 12.3. The van der Waals surface area contributed by atoms with Gasteiger partial charge in [0.1, 0.15) is 0 Å². The molecule has 0 radical (unpaired) electrons. The summed E-state index contributed by atoms with van der Waals surface area (Å²) in [6.07, 6.45) is 11.2. The number of hydrogen-bond acceptors (Lipinski definition) is 2. The van der Waals surface area contributed by atoms with E-state index in [1.807, 2.05) is 13.0 Å². The van der Waals surface area contributed by atoms with Crippen LogP contribution in [0, 0.1) is 5.92 Å². The number of aromatic nitrogens is 2. The first-order valence-corrected chi connectivity index (χ1v) is 9.63. The Hall–Kier alpha value is -2.04. The summed E-state index contributed by atoms with van der Waals surface area (Å²) in [6.45, 7) is 4.22. The van der Waals surface area contributed by atoms with Crippen molar-refractivity contribution < 1.29 is 4.79 Å². The zero-order chi connectivity index (χ0) is 18.1. The third-order valence-electron chi connectivity index (χ3n) is 4.72. The van der Waals surface area contributed by atoms with E-state index in [1.54, 1.807) is 12.1 Å². The molecular weight excluding hydrogens is 314 g/mol. The highest BCUT2D eigenvalue weighted by atomic mass is 16.2. The van der Waals surface area contributed by atoms with Crippen molar-refractivity contribution in [2.75, 3.05) is 5.32 Å². The second-order valence-electron chi connectivity index (χ2n) is 6.99. The molecule has 0 fully saturated rings. The molecule has 1 atom stereocenters. The standard InChI is InChI=1S/C20H31N3O2/c1-3-4-5-6-7-8-9-10-11-15(2)19(24)21-16-12-13-17-18(14-16)23-20(25)22-17/h12-15H,3-11H2,1-2H3,(H,21,24)(H2,22,23,25). The first-order valence-electron chi connectivity index (χ1n) is 9.63. The summed E-state index contributed by atoms with van der Waals surface area (Å²) in [5.41, 5.74) is 1.94. The van der Waals surface area contributed by atoms with E-state index in [-0.39, 0.29) is 17.5 Å². The Morgan fingerprint density at radius 2 is 1.64 bits per heavy atom. The summed E-state index contributed by atoms with van der Waals surface area (Å²) in [5, 5.41) is 2.94. The monoisotopic (exact) mass is 345 g/mol. The lowest BCUT2D eigenvalue weighted by Crippen LogP contribution is -2.20. The van der Waals surface area contributed by atoms with E-state index in [2.05, 4.69) is 22.2 Å². The van der Waals surface area contributed by atoms with Crippen LogP contribution in [0.3, 0.4) is 0 Å². The molecule has 5 heteroatoms. The minimum Gasteiger partial charge on any atom is -0.326 e. The molecule has 0 aliphatic heterocycles. The minimum absolute atomic E-state index is 0.000983. The van der Waals surface area contributed by atoms with E-state index in [9.17, 15) is 9.59 Å². The van der Waals surface area contributed by atoms with Gasteiger partial charge in [-0.2, -0.15) is 0 Å². The molecule has 1 amide bonds. The number of carbonyl (C=O) groups is 1. The van der Waals surface area contributed by atoms with Gasteiger partial charge in [-0.1, -0.05) is 65.2 Å². The maximum absolute atomic E-state index is 12.3. The molecule has 25 heavy (non-hydrogen) atoms. The topological polar surface area (TPSA) is 77.8 Å². The van der Waals surface area contributed by atoms with Crippen LogP contribution in [0.25, 0.3) is 11.0 Å². The highest BCUT2D eigenvalue weighted by molar-refractivity contribution is 5.94. The van der Waals surface area contributed by atoms with Crippen LogP contribution in [0.5, 0.6) is 0 Å². The van der Waals surface area contributed by atoms with Gasteiger partial charge in [0.15, 0.2) is 0 Å². The van der Waals surface area contributed by atoms with E-state index in [0.29, 0.717) is 5.52 Å². The van der Waals surface area contributed by atoms with Crippen molar-refractivity contribution >= 4 is 22.6 Å². The molecule has 2 rings (SSSR count). The summed E-state index contributed by atoms with van der Waals surface area (Å²) < 4.78 is 0. The van der Waals surface area contributed by atoms with Gasteiger partial charge in [0.2, 0.25) is 5.91 Å². The number of nitrogens with one attached hydrogen (secondary N) is 3. The van der Waals surface area contributed by atoms with Gasteiger partial charge < -0.3 is 15.3 Å². The quantitative estimate of drug-likeness (QED) is 0.503. The average molecular weight is 345 g/mol. The normalized spacial score (nSPS) is 12.4. The largest absolute Gasteiger partial charge is 0.326 e. The molecule has 1 aromatic heterocycles. The number of hydrogen-bond donors (Lipinski definition) is 3. The van der Waals surface area contributed by atoms with Gasteiger partial charge in [0, 0.05) is 11.6 Å². The first kappa shape index (κ1) is 19.3. The Morgan fingerprint density at radius 3 is 2.36 bits per heavy atom. The average Bonchev–Trinajstić information content (AvgIpc) is 2.96. The van der Waals surface area contributed by atoms with Crippen LogP contribution in [-0.2, 0) is 4.79 Å². The fourth-order valence-electron chi connectivity index (χ4n) is 3.09. The van der Waals surface area contributed by atoms with Gasteiger partial charge in [-0.3, -0.25) is 4.79 Å². The SMILES string of the molecule is CCCCCCCCCCC(C)C(=O)Nc1ccc2[nH]c(=O)[nH]c2c1. The Morgan fingerprint density at radius 1 is 1.00 bits per heavy atom. The highest BCUT2D eigenvalue weighted by Crippen LogP contribution is 2.18. The number of carbonyl (C=O) groups excluding carboxylic acids is 1. The number of aromatic amines is 2. The van der Waals surface area contributed by atoms with Crippen molar-refractivity contribution in [3.8, 4) is 0 Å². The predicted octanol–water partition coefficient (Wildman–Crippen LogP) is 4.96. The Kier molecular flexibility index (Phi) is 7.76. The number of rotatable bonds is 11. The maximum Gasteiger partial charge on any atom is 0.323 e. The Bertz CT molecular complexity index is 717. The van der Waals surface area contributed by atoms with Crippen molar-refractivity contribution in [3.63, 3.8) is 0 Å². The molecule has 2 aromatic rings. The third-order valence-corrected chi connectivity index (χ3v) is 4.72. The zero-order valence-corrected chi connectivity index (χ0v) is 15.5. The van der Waals surface area contributed by atoms with Gasteiger partial charge >= 0.3 is 5.69 Å². The van der Waals surface area contributed by atoms with Gasteiger partial charge in [-0.25, -0.2) is 4.79 Å². The fourth-order valence-corrected chi connectivity index (χ4v) is 3.09. The van der Waals surface area contributed by atoms with Crippen molar-refractivity contribution in [1.29, 1.82) is 0 Å². The zero-order valence-electron chi connectivity index (χ0n) is 15.5. The third kappa shape index (κ3) is 6.40. The van der Waals surface area contributed by atoms with Crippen LogP contribution in [0.15, 0.2) is 23.0 Å². The number of fused-ring (bicyclic) bond motifs is 1. The lowest BCUT2D eigenvalue weighted by atomic mass is 10.0. The number of H-pyrrole nitrogens is 2. The molecule has 0 bridgehead atoms. The van der Waals surface area contributed by atoms with E-state index in [0.717, 1.165) is 24.0 Å². The van der Waals surface area contributed by atoms with Crippen LogP contribution < -0.4 is 11.0 Å². The van der Waals surface area contributed by atoms with Crippen LogP contribution in [-0.4, -0.2) is 15.9 Å². The van der Waals surface area contributed by atoms with Gasteiger partial charge in [-0.15, -0.1) is 0 Å². The molecule has 0 aliphatic carbocycles. The van der Waals surface area contributed by atoms with E-state index in [4.69, 9.17) is 0 Å². The number of unbranched alkanes of at least 4 members (excludes halogenated alkanes) is 7. The summed E-state index contributed by atoms with van der Waals surface area (Å²) in [7, 11) is 0. The lowest BCUT2D eigenvalue weighted by Gasteiger charge is -2.12. The molecule has 5 nitrogen and oxygen atoms in total. The Labute approximate surface area is 149 Å². The molecule has 138 valence electrons. The molecular formula is C20H31N3O2. The minimum atomic E-state index is -0.235. The second-order valence-corrected chi connectivity index (χ2v) is 6.99. The molecule has 1 aromatic carbocycles. The Balaban J connectivity index is 1.68. The van der Waals surface area contributed by atoms with Crippen molar-refractivity contribution in [2.24, 2.45) is 5.92 Å². The van der Waals surface area contributed by atoms with Crippen LogP contribution >= 0.6 is 0 Å². The molecule has 0 saturated heterocycles. The summed E-state index contributed by atoms with van der Waals surface area (Å²) >= 11 is 0. The first-order chi connectivity index (χ1) is 12.1. The van der Waals surface area contributed by atoms with Crippen molar-refractivity contribution in [1.82, 2.24) is 9.97 Å². The number of anilines is 1. The summed E-state index contributed by atoms with van der Waals surface area (Å²) in [5.74, 6) is 0.0428. The van der Waals surface area contributed by atoms with Gasteiger partial charge in [0.25, 0.3) is 0 Å². The lowest BCUT2D eigenvalue weighted by molar-refractivity contribution is -0.119. The number of amides is 1. The fraction of sp³-hybridized carbons (Fsp3) is 0.600. The second kappa shape index (κ2) is 10.1. The van der Waals surface area contributed by atoms with Gasteiger partial charge in [0.05, 0.1) is 11.0 Å². The molecule has 0 saturated carbocycles. The van der Waals surface area contributed by atoms with Crippen LogP contribution in [0.4, 0.5) is 5.69 Å². The number of benzene rings is 1. The molecule has 3 N–H and O–H groups in total. The van der Waals surface area contributed by atoms with Crippen molar-refractivity contribution in [3.05, 3.63) is 28.7 Å². The van der Waals surface area contributed by atoms with Crippen LogP contribution in [0.1, 0.15) is 71.6 Å². The number of imidazole rings is 1.